The molecule has 0 fully saturated rings. The Labute approximate surface area is 85.9 Å². The Morgan fingerprint density at radius 2 is 1.93 bits per heavy atom. The van der Waals surface area contributed by atoms with Crippen molar-refractivity contribution < 1.29 is 19.6 Å². The maximum absolute atomic E-state index is 8.24. The van der Waals surface area contributed by atoms with Gasteiger partial charge in [-0.2, -0.15) is 9.48 Å². The normalized spacial score (nSPS) is 18.2. The van der Waals surface area contributed by atoms with Gasteiger partial charge in [0.15, 0.2) is 0 Å². The molecule has 86 valence electrons. The van der Waals surface area contributed by atoms with Crippen LogP contribution in [-0.4, -0.2) is 42.9 Å². The molecule has 0 amide bonds. The van der Waals surface area contributed by atoms with Crippen molar-refractivity contribution in [2.45, 2.75) is 26.8 Å². The molecule has 0 aromatic rings. The molecular formula is C9H23N2O3+. The average Bonchev–Trinajstić information content (AvgIpc) is 2.14. The molecular weight excluding hydrogens is 184 g/mol. The summed E-state index contributed by atoms with van der Waals surface area (Å²) >= 11 is 0. The molecule has 0 heterocycles. The molecule has 0 rings (SSSR count). The van der Waals surface area contributed by atoms with Crippen molar-refractivity contribution in [3.63, 3.8) is 0 Å². The summed E-state index contributed by atoms with van der Waals surface area (Å²) in [6, 6.07) is 0.291. The molecule has 0 bridgehead atoms. The lowest BCUT2D eigenvalue weighted by molar-refractivity contribution is -1.11. The molecule has 0 aliphatic carbocycles. The van der Waals surface area contributed by atoms with Gasteiger partial charge in [0.25, 0.3) is 0 Å². The van der Waals surface area contributed by atoms with Crippen LogP contribution in [0.3, 0.4) is 0 Å². The van der Waals surface area contributed by atoms with E-state index in [0.29, 0.717) is 23.2 Å². The summed E-state index contributed by atoms with van der Waals surface area (Å²) in [5.74, 6) is 0.376. The van der Waals surface area contributed by atoms with Crippen LogP contribution in [0, 0.1) is 5.92 Å². The van der Waals surface area contributed by atoms with Crippen molar-refractivity contribution >= 4 is 0 Å². The van der Waals surface area contributed by atoms with Crippen LogP contribution in [0.15, 0.2) is 0 Å². The number of hydrogen-bond acceptors (Lipinski definition) is 4. The number of hydrogen-bond donors (Lipinski definition) is 2. The van der Waals surface area contributed by atoms with Crippen molar-refractivity contribution in [1.82, 2.24) is 0 Å². The molecule has 5 heteroatoms. The molecule has 0 saturated carbocycles. The van der Waals surface area contributed by atoms with Crippen LogP contribution in [0.4, 0.5) is 0 Å². The minimum atomic E-state index is -0.119. The van der Waals surface area contributed by atoms with Crippen molar-refractivity contribution in [2.24, 2.45) is 11.7 Å². The molecule has 5 nitrogen and oxygen atoms in total. The number of rotatable bonds is 7. The van der Waals surface area contributed by atoms with Crippen LogP contribution in [0.5, 0.6) is 0 Å². The SMILES string of the molecule is CC(CN)C[N+](C)(OCOO)C(C)C. The van der Waals surface area contributed by atoms with Gasteiger partial charge in [0.05, 0.1) is 7.05 Å². The highest BCUT2D eigenvalue weighted by Crippen LogP contribution is 2.14. The van der Waals surface area contributed by atoms with E-state index in [9.17, 15) is 0 Å². The number of hydroxylamine groups is 3. The van der Waals surface area contributed by atoms with E-state index < -0.39 is 0 Å². The average molecular weight is 207 g/mol. The lowest BCUT2D eigenvalue weighted by atomic mass is 10.1. The van der Waals surface area contributed by atoms with E-state index in [2.05, 4.69) is 25.7 Å². The maximum Gasteiger partial charge on any atom is 0.237 e. The third-order valence-corrected chi connectivity index (χ3v) is 2.57. The van der Waals surface area contributed by atoms with Crippen LogP contribution >= 0.6 is 0 Å². The number of quaternary nitrogens is 1. The van der Waals surface area contributed by atoms with Gasteiger partial charge in [-0.05, 0) is 13.8 Å². The van der Waals surface area contributed by atoms with Crippen molar-refractivity contribution in [1.29, 1.82) is 0 Å². The Morgan fingerprint density at radius 1 is 1.36 bits per heavy atom. The van der Waals surface area contributed by atoms with Crippen molar-refractivity contribution in [3.8, 4) is 0 Å². The lowest BCUT2D eigenvalue weighted by Crippen LogP contribution is -2.52. The Bertz CT molecular complexity index is 155. The summed E-state index contributed by atoms with van der Waals surface area (Å²) in [5, 5.41) is 8.24. The third-order valence-electron chi connectivity index (χ3n) is 2.57. The van der Waals surface area contributed by atoms with Crippen LogP contribution < -0.4 is 5.73 Å². The van der Waals surface area contributed by atoms with E-state index in [1.165, 1.54) is 0 Å². The predicted octanol–water partition coefficient (Wildman–Crippen LogP) is 0.815. The minimum absolute atomic E-state index is 0.119. The summed E-state index contributed by atoms with van der Waals surface area (Å²) in [6.45, 7) is 7.50. The van der Waals surface area contributed by atoms with Gasteiger partial charge < -0.3 is 5.73 Å². The number of nitrogens with two attached hydrogens (primary N) is 1. The zero-order valence-electron chi connectivity index (χ0n) is 9.56. The van der Waals surface area contributed by atoms with E-state index >= 15 is 0 Å². The topological polar surface area (TPSA) is 64.7 Å². The summed E-state index contributed by atoms with van der Waals surface area (Å²) in [5.41, 5.74) is 5.56. The van der Waals surface area contributed by atoms with E-state index in [-0.39, 0.29) is 6.79 Å². The first-order valence-electron chi connectivity index (χ1n) is 4.92. The van der Waals surface area contributed by atoms with E-state index in [0.717, 1.165) is 6.54 Å². The Balaban J connectivity index is 4.23. The molecule has 0 aromatic heterocycles. The first-order chi connectivity index (χ1) is 6.46. The lowest BCUT2D eigenvalue weighted by Gasteiger charge is -2.36. The van der Waals surface area contributed by atoms with Gasteiger partial charge in [0.2, 0.25) is 6.79 Å². The molecule has 0 aliphatic rings. The molecule has 0 aromatic carbocycles. The molecule has 3 N–H and O–H groups in total. The fourth-order valence-corrected chi connectivity index (χ4v) is 1.25. The van der Waals surface area contributed by atoms with E-state index in [1.807, 2.05) is 7.05 Å². The third kappa shape index (κ3) is 4.34. The molecule has 2 atom stereocenters. The highest BCUT2D eigenvalue weighted by molar-refractivity contribution is 4.51. The van der Waals surface area contributed by atoms with Gasteiger partial charge in [0, 0.05) is 12.5 Å². The zero-order valence-corrected chi connectivity index (χ0v) is 9.56. The van der Waals surface area contributed by atoms with Gasteiger partial charge in [-0.15, -0.1) is 0 Å². The fourth-order valence-electron chi connectivity index (χ4n) is 1.25. The first-order valence-corrected chi connectivity index (χ1v) is 4.92. The molecule has 0 saturated heterocycles. The second-order valence-corrected chi connectivity index (χ2v) is 4.17. The Hall–Kier alpha value is -0.200. The molecule has 0 aliphatic heterocycles. The zero-order chi connectivity index (χ0) is 11.2. The van der Waals surface area contributed by atoms with Gasteiger partial charge >= 0.3 is 0 Å². The van der Waals surface area contributed by atoms with Crippen molar-refractivity contribution in [2.75, 3.05) is 26.9 Å². The Kier molecular flexibility index (Phi) is 6.22. The monoisotopic (exact) mass is 207 g/mol. The van der Waals surface area contributed by atoms with Gasteiger partial charge in [-0.3, -0.25) is 0 Å². The van der Waals surface area contributed by atoms with E-state index in [1.54, 1.807) is 0 Å². The predicted molar refractivity (Wildman–Crippen MR) is 54.1 cm³/mol. The molecule has 0 radical (unpaired) electrons. The van der Waals surface area contributed by atoms with Crippen molar-refractivity contribution in [3.05, 3.63) is 0 Å². The van der Waals surface area contributed by atoms with Gasteiger partial charge in [-0.1, -0.05) is 6.92 Å². The minimum Gasteiger partial charge on any atom is -0.330 e. The highest BCUT2D eigenvalue weighted by atomic mass is 17.1. The molecule has 2 unspecified atom stereocenters. The van der Waals surface area contributed by atoms with Crippen LogP contribution in [0.25, 0.3) is 0 Å². The second-order valence-electron chi connectivity index (χ2n) is 4.17. The maximum atomic E-state index is 8.24. The summed E-state index contributed by atoms with van der Waals surface area (Å²) in [4.78, 5) is 9.36. The quantitative estimate of drug-likeness (QED) is 0.281. The fraction of sp³-hybridized carbons (Fsp3) is 1.00. The van der Waals surface area contributed by atoms with Crippen LogP contribution in [-0.2, 0) is 9.73 Å². The second kappa shape index (κ2) is 6.31. The van der Waals surface area contributed by atoms with E-state index in [4.69, 9.17) is 15.8 Å². The van der Waals surface area contributed by atoms with Gasteiger partial charge in [-0.25, -0.2) is 10.1 Å². The smallest absolute Gasteiger partial charge is 0.237 e. The van der Waals surface area contributed by atoms with Crippen LogP contribution in [0.2, 0.25) is 0 Å². The summed E-state index contributed by atoms with van der Waals surface area (Å²) in [6.07, 6.45) is 0. The largest absolute Gasteiger partial charge is 0.330 e. The summed E-state index contributed by atoms with van der Waals surface area (Å²) in [7, 11) is 1.95. The highest BCUT2D eigenvalue weighted by Gasteiger charge is 2.30. The molecule has 0 spiro atoms. The van der Waals surface area contributed by atoms with Gasteiger partial charge in [0.1, 0.15) is 12.6 Å². The first kappa shape index (κ1) is 13.8. The molecule has 14 heavy (non-hydrogen) atoms. The summed E-state index contributed by atoms with van der Waals surface area (Å²) < 4.78 is 0.388. The number of nitrogens with zero attached hydrogens (tertiary/aromatic N) is 1. The standard InChI is InChI=1S/C9H22N2O3/c1-8(2)11(4,13-7-14-12)6-9(3)5-10/h8-9H,5-7,10H2,1-4H3/p+1. The van der Waals surface area contributed by atoms with Crippen LogP contribution in [0.1, 0.15) is 20.8 Å². The Morgan fingerprint density at radius 3 is 2.29 bits per heavy atom.